The monoisotopic (exact) mass is 250 g/mol. The minimum absolute atomic E-state index is 0.564. The van der Waals surface area contributed by atoms with E-state index in [0.29, 0.717) is 20.9 Å². The van der Waals surface area contributed by atoms with Crippen LogP contribution in [0.2, 0.25) is 5.82 Å². The van der Waals surface area contributed by atoms with E-state index in [2.05, 4.69) is 49.7 Å². The van der Waals surface area contributed by atoms with Gasteiger partial charge in [0.1, 0.15) is 0 Å². The Hall–Kier alpha value is -0.781. The van der Waals surface area contributed by atoms with E-state index in [-0.39, 0.29) is 0 Å². The van der Waals surface area contributed by atoms with Gasteiger partial charge in [-0.1, -0.05) is 0 Å². The fourth-order valence-electron chi connectivity index (χ4n) is 1.90. The summed E-state index contributed by atoms with van der Waals surface area (Å²) in [6, 6.07) is 10.7. The first-order chi connectivity index (χ1) is 6.75. The Morgan fingerprint density at radius 3 is 2.43 bits per heavy atom. The van der Waals surface area contributed by atoms with Crippen LogP contribution in [0.5, 0.6) is 0 Å². The molecule has 0 saturated heterocycles. The molecule has 0 aliphatic heterocycles. The SMILES string of the molecule is C=C1C([Se]C)=C(c2ccccc2)C1C. The molecule has 1 aliphatic carbocycles. The van der Waals surface area contributed by atoms with Crippen LogP contribution in [0.15, 0.2) is 47.0 Å². The van der Waals surface area contributed by atoms with Crippen molar-refractivity contribution in [2.24, 2.45) is 5.92 Å². The molecule has 0 saturated carbocycles. The topological polar surface area (TPSA) is 0 Å². The molecule has 1 unspecified atom stereocenters. The van der Waals surface area contributed by atoms with E-state index >= 15 is 0 Å². The fourth-order valence-corrected chi connectivity index (χ4v) is 3.90. The Kier molecular flexibility index (Phi) is 2.62. The second-order valence-corrected chi connectivity index (χ2v) is 5.27. The average molecular weight is 249 g/mol. The predicted octanol–water partition coefficient (Wildman–Crippen LogP) is 3.36. The summed E-state index contributed by atoms with van der Waals surface area (Å²) >= 11 is 0.578. The van der Waals surface area contributed by atoms with Gasteiger partial charge < -0.3 is 0 Å². The second kappa shape index (κ2) is 3.76. The van der Waals surface area contributed by atoms with E-state index in [1.54, 1.807) is 0 Å². The summed E-state index contributed by atoms with van der Waals surface area (Å²) in [5, 5.41) is 0. The molecular weight excluding hydrogens is 235 g/mol. The van der Waals surface area contributed by atoms with Gasteiger partial charge in [-0.15, -0.1) is 0 Å². The second-order valence-electron chi connectivity index (χ2n) is 3.56. The van der Waals surface area contributed by atoms with Crippen LogP contribution in [0.4, 0.5) is 0 Å². The van der Waals surface area contributed by atoms with Gasteiger partial charge in [-0.05, 0) is 0 Å². The van der Waals surface area contributed by atoms with E-state index in [1.165, 1.54) is 21.2 Å². The van der Waals surface area contributed by atoms with Crippen LogP contribution in [0, 0.1) is 5.92 Å². The molecule has 1 aromatic rings. The molecule has 0 aromatic heterocycles. The number of rotatable bonds is 2. The number of benzene rings is 1. The Labute approximate surface area is 91.9 Å². The van der Waals surface area contributed by atoms with Crippen LogP contribution in [-0.2, 0) is 0 Å². The van der Waals surface area contributed by atoms with Crippen LogP contribution in [0.1, 0.15) is 12.5 Å². The van der Waals surface area contributed by atoms with Crippen LogP contribution in [0.3, 0.4) is 0 Å². The van der Waals surface area contributed by atoms with E-state index < -0.39 is 0 Å². The summed E-state index contributed by atoms with van der Waals surface area (Å²) in [6.45, 7) is 6.38. The molecule has 14 heavy (non-hydrogen) atoms. The number of hydrogen-bond donors (Lipinski definition) is 0. The van der Waals surface area contributed by atoms with Gasteiger partial charge in [-0.25, -0.2) is 0 Å². The van der Waals surface area contributed by atoms with Gasteiger partial charge in [0.15, 0.2) is 0 Å². The van der Waals surface area contributed by atoms with Gasteiger partial charge in [0.25, 0.3) is 0 Å². The molecule has 1 aromatic carbocycles. The zero-order valence-corrected chi connectivity index (χ0v) is 10.3. The van der Waals surface area contributed by atoms with Crippen molar-refractivity contribution in [3.05, 3.63) is 52.5 Å². The van der Waals surface area contributed by atoms with E-state index in [9.17, 15) is 0 Å². The molecule has 0 heterocycles. The standard InChI is InChI=1S/C13H14Se/c1-9-10(2)13(14-3)12(9)11-7-5-4-6-8-11/h4-9H,2H2,1,3H3. The Bertz CT molecular complexity index is 387. The zero-order chi connectivity index (χ0) is 10.1. The molecule has 1 heteroatoms. The molecule has 0 fully saturated rings. The van der Waals surface area contributed by atoms with Crippen molar-refractivity contribution in [3.8, 4) is 0 Å². The maximum absolute atomic E-state index is 4.13. The van der Waals surface area contributed by atoms with Crippen molar-refractivity contribution < 1.29 is 0 Å². The van der Waals surface area contributed by atoms with Crippen molar-refractivity contribution in [1.82, 2.24) is 0 Å². The third kappa shape index (κ3) is 1.37. The van der Waals surface area contributed by atoms with Gasteiger partial charge in [0.05, 0.1) is 0 Å². The molecule has 2 rings (SSSR count). The van der Waals surface area contributed by atoms with Crippen molar-refractivity contribution >= 4 is 20.5 Å². The Morgan fingerprint density at radius 1 is 1.21 bits per heavy atom. The van der Waals surface area contributed by atoms with Crippen LogP contribution < -0.4 is 0 Å². The molecule has 0 amide bonds. The van der Waals surface area contributed by atoms with Crippen molar-refractivity contribution in [2.45, 2.75) is 12.7 Å². The van der Waals surface area contributed by atoms with Gasteiger partial charge in [-0.2, -0.15) is 0 Å². The molecule has 72 valence electrons. The number of allylic oxidation sites excluding steroid dienone is 3. The fraction of sp³-hybridized carbons (Fsp3) is 0.231. The molecule has 0 N–H and O–H groups in total. The minimum atomic E-state index is 0.564. The first-order valence-electron chi connectivity index (χ1n) is 4.78. The summed E-state index contributed by atoms with van der Waals surface area (Å²) in [7, 11) is 0. The van der Waals surface area contributed by atoms with Crippen molar-refractivity contribution in [3.63, 3.8) is 0 Å². The summed E-state index contributed by atoms with van der Waals surface area (Å²) in [6.07, 6.45) is 0. The molecule has 1 aliphatic rings. The first kappa shape index (κ1) is 9.76. The summed E-state index contributed by atoms with van der Waals surface area (Å²) < 4.78 is 1.52. The first-order valence-corrected chi connectivity index (χ1v) is 7.35. The van der Waals surface area contributed by atoms with Crippen LogP contribution in [0.25, 0.3) is 5.57 Å². The number of hydrogen-bond acceptors (Lipinski definition) is 0. The third-order valence-electron chi connectivity index (χ3n) is 2.78. The Balaban J connectivity index is 2.45. The van der Waals surface area contributed by atoms with E-state index in [0.717, 1.165) is 0 Å². The van der Waals surface area contributed by atoms with Crippen LogP contribution >= 0.6 is 0 Å². The third-order valence-corrected chi connectivity index (χ3v) is 4.65. The molecule has 0 bridgehead atoms. The van der Waals surface area contributed by atoms with E-state index in [1.807, 2.05) is 0 Å². The molecule has 0 nitrogen and oxygen atoms in total. The summed E-state index contributed by atoms with van der Waals surface area (Å²) in [5.74, 6) is 2.83. The van der Waals surface area contributed by atoms with Gasteiger partial charge in [0, 0.05) is 0 Å². The Morgan fingerprint density at radius 2 is 1.86 bits per heavy atom. The average Bonchev–Trinajstić information content (AvgIpc) is 2.25. The zero-order valence-electron chi connectivity index (χ0n) is 8.58. The van der Waals surface area contributed by atoms with E-state index in [4.69, 9.17) is 0 Å². The van der Waals surface area contributed by atoms with Gasteiger partial charge in [-0.3, -0.25) is 0 Å². The molecule has 0 spiro atoms. The van der Waals surface area contributed by atoms with Gasteiger partial charge >= 0.3 is 91.7 Å². The molecular formula is C13H14Se. The molecule has 0 radical (unpaired) electrons. The van der Waals surface area contributed by atoms with Gasteiger partial charge in [0.2, 0.25) is 0 Å². The summed E-state index contributed by atoms with van der Waals surface area (Å²) in [5.41, 5.74) is 4.26. The normalized spacial score (nSPS) is 21.0. The quantitative estimate of drug-likeness (QED) is 0.705. The maximum atomic E-state index is 4.13. The van der Waals surface area contributed by atoms with Crippen molar-refractivity contribution in [2.75, 3.05) is 0 Å². The molecule has 1 atom stereocenters. The van der Waals surface area contributed by atoms with Crippen LogP contribution in [-0.4, -0.2) is 15.0 Å². The summed E-state index contributed by atoms with van der Waals surface area (Å²) in [4.78, 5) is 0. The van der Waals surface area contributed by atoms with Crippen molar-refractivity contribution in [1.29, 1.82) is 0 Å². The predicted molar refractivity (Wildman–Crippen MR) is 63.3 cm³/mol.